The summed E-state index contributed by atoms with van der Waals surface area (Å²) in [5, 5.41) is 11.1. The molecular weight excluding hydrogens is 232 g/mol. The van der Waals surface area contributed by atoms with E-state index < -0.39 is 0 Å². The zero-order valence-electron chi connectivity index (χ0n) is 10.1. The van der Waals surface area contributed by atoms with Crippen LogP contribution in [-0.4, -0.2) is 51.2 Å². The summed E-state index contributed by atoms with van der Waals surface area (Å²) in [5.74, 6) is 6.50. The first-order valence-electron chi connectivity index (χ1n) is 5.89. The van der Waals surface area contributed by atoms with E-state index in [2.05, 4.69) is 42.9 Å². The summed E-state index contributed by atoms with van der Waals surface area (Å²) in [6, 6.07) is 0.397. The van der Waals surface area contributed by atoms with Crippen molar-refractivity contribution < 1.29 is 0 Å². The number of hydrogen-bond acceptors (Lipinski definition) is 7. The number of nitrogens with zero attached hydrogens (tertiary/aromatic N) is 4. The van der Waals surface area contributed by atoms with Crippen LogP contribution in [0.3, 0.4) is 0 Å². The van der Waals surface area contributed by atoms with Crippen molar-refractivity contribution in [2.45, 2.75) is 12.5 Å². The molecule has 1 aliphatic heterocycles. The Labute approximate surface area is 104 Å². The van der Waals surface area contributed by atoms with E-state index in [9.17, 15) is 0 Å². The molecule has 1 fully saturated rings. The second-order valence-corrected chi connectivity index (χ2v) is 4.56. The summed E-state index contributed by atoms with van der Waals surface area (Å²) < 4.78 is 0. The number of likely N-dealkylation sites (N-methyl/N-ethyl adjacent to an activating group) is 1. The second-order valence-electron chi connectivity index (χ2n) is 4.56. The van der Waals surface area contributed by atoms with E-state index in [1.165, 1.54) is 0 Å². The molecule has 0 amide bonds. The van der Waals surface area contributed by atoms with E-state index >= 15 is 0 Å². The van der Waals surface area contributed by atoms with Crippen LogP contribution in [0.1, 0.15) is 6.42 Å². The van der Waals surface area contributed by atoms with Crippen LogP contribution in [0, 0.1) is 0 Å². The number of rotatable bonds is 3. The number of aromatic nitrogens is 4. The molecule has 0 bridgehead atoms. The van der Waals surface area contributed by atoms with Gasteiger partial charge in [-0.15, -0.1) is 0 Å². The van der Waals surface area contributed by atoms with Gasteiger partial charge in [0.1, 0.15) is 5.82 Å². The minimum absolute atomic E-state index is 0.376. The number of anilines is 2. The van der Waals surface area contributed by atoms with Crippen molar-refractivity contribution >= 4 is 22.8 Å². The van der Waals surface area contributed by atoms with Gasteiger partial charge in [-0.3, -0.25) is 10.5 Å². The van der Waals surface area contributed by atoms with E-state index in [-0.39, 0.29) is 0 Å². The van der Waals surface area contributed by atoms with Crippen LogP contribution in [-0.2, 0) is 0 Å². The molecule has 1 unspecified atom stereocenters. The molecule has 0 spiro atoms. The van der Waals surface area contributed by atoms with Gasteiger partial charge in [0.05, 0.1) is 11.6 Å². The average molecular weight is 248 g/mol. The number of H-pyrrole nitrogens is 1. The number of nitrogens with two attached hydrogens (primary N) is 1. The van der Waals surface area contributed by atoms with Crippen LogP contribution in [0.2, 0.25) is 0 Å². The number of likely N-dealkylation sites (tertiary alicyclic amines) is 1. The Hall–Kier alpha value is -1.93. The molecule has 1 aliphatic rings. The SMILES string of the molecule is CN1CCC(Nc2nc(NN)nc3[nH]ncc23)C1. The largest absolute Gasteiger partial charge is 0.365 e. The molecule has 5 N–H and O–H groups in total. The zero-order valence-corrected chi connectivity index (χ0v) is 10.1. The molecule has 2 aromatic rings. The molecule has 8 heteroatoms. The maximum Gasteiger partial charge on any atom is 0.241 e. The average Bonchev–Trinajstić information content (AvgIpc) is 2.98. The Morgan fingerprint density at radius 3 is 3.11 bits per heavy atom. The Balaban J connectivity index is 1.92. The molecule has 3 heterocycles. The summed E-state index contributed by atoms with van der Waals surface area (Å²) in [5.41, 5.74) is 3.14. The van der Waals surface area contributed by atoms with Crippen LogP contribution >= 0.6 is 0 Å². The molecule has 18 heavy (non-hydrogen) atoms. The van der Waals surface area contributed by atoms with E-state index in [0.29, 0.717) is 17.6 Å². The highest BCUT2D eigenvalue weighted by molar-refractivity contribution is 5.87. The van der Waals surface area contributed by atoms with Gasteiger partial charge in [-0.2, -0.15) is 15.1 Å². The van der Waals surface area contributed by atoms with Gasteiger partial charge in [0.2, 0.25) is 5.95 Å². The number of nitrogens with one attached hydrogen (secondary N) is 3. The van der Waals surface area contributed by atoms with Gasteiger partial charge in [0.25, 0.3) is 0 Å². The first-order chi connectivity index (χ1) is 8.76. The van der Waals surface area contributed by atoms with Gasteiger partial charge in [0, 0.05) is 12.6 Å². The van der Waals surface area contributed by atoms with Crippen molar-refractivity contribution in [3.8, 4) is 0 Å². The van der Waals surface area contributed by atoms with Crippen LogP contribution in [0.5, 0.6) is 0 Å². The van der Waals surface area contributed by atoms with Crippen molar-refractivity contribution in [3.05, 3.63) is 6.20 Å². The molecule has 1 saturated heterocycles. The molecule has 8 nitrogen and oxygen atoms in total. The third-order valence-electron chi connectivity index (χ3n) is 3.17. The monoisotopic (exact) mass is 248 g/mol. The molecule has 0 saturated carbocycles. The summed E-state index contributed by atoms with van der Waals surface area (Å²) >= 11 is 0. The van der Waals surface area contributed by atoms with E-state index in [0.717, 1.165) is 30.7 Å². The lowest BCUT2D eigenvalue weighted by Gasteiger charge is -2.14. The molecule has 2 aromatic heterocycles. The first kappa shape index (κ1) is 11.2. The summed E-state index contributed by atoms with van der Waals surface area (Å²) in [6.07, 6.45) is 2.82. The highest BCUT2D eigenvalue weighted by Crippen LogP contribution is 2.22. The quantitative estimate of drug-likeness (QED) is 0.438. The Morgan fingerprint density at radius 1 is 1.50 bits per heavy atom. The predicted octanol–water partition coefficient (Wildman–Crippen LogP) is -0.245. The number of hydrogen-bond donors (Lipinski definition) is 4. The minimum Gasteiger partial charge on any atom is -0.365 e. The molecular formula is C10H16N8. The number of aromatic amines is 1. The van der Waals surface area contributed by atoms with Crippen LogP contribution in [0.15, 0.2) is 6.20 Å². The summed E-state index contributed by atoms with van der Waals surface area (Å²) in [6.45, 7) is 2.11. The van der Waals surface area contributed by atoms with Gasteiger partial charge in [-0.1, -0.05) is 0 Å². The van der Waals surface area contributed by atoms with Crippen LogP contribution in [0.4, 0.5) is 11.8 Å². The van der Waals surface area contributed by atoms with Gasteiger partial charge < -0.3 is 10.2 Å². The molecule has 0 aliphatic carbocycles. The number of hydrazine groups is 1. The number of nitrogen functional groups attached to an aromatic ring is 1. The zero-order chi connectivity index (χ0) is 12.5. The molecule has 0 radical (unpaired) electrons. The standard InChI is InChI=1S/C10H16N8/c1-18-3-2-6(5-18)13-8-7-4-12-17-9(7)15-10(14-8)16-11/h4,6H,2-3,5,11H2,1H3,(H3,12,13,14,15,16,17). The third kappa shape index (κ3) is 1.95. The van der Waals surface area contributed by atoms with E-state index in [1.54, 1.807) is 6.20 Å². The molecule has 1 atom stereocenters. The fourth-order valence-electron chi connectivity index (χ4n) is 2.26. The van der Waals surface area contributed by atoms with Crippen molar-refractivity contribution in [2.75, 3.05) is 30.9 Å². The lowest BCUT2D eigenvalue weighted by Crippen LogP contribution is -2.24. The van der Waals surface area contributed by atoms with Crippen LogP contribution in [0.25, 0.3) is 11.0 Å². The second kappa shape index (κ2) is 4.39. The van der Waals surface area contributed by atoms with Gasteiger partial charge in [0.15, 0.2) is 5.65 Å². The topological polar surface area (TPSA) is 108 Å². The van der Waals surface area contributed by atoms with Crippen LogP contribution < -0.4 is 16.6 Å². The fourth-order valence-corrected chi connectivity index (χ4v) is 2.26. The highest BCUT2D eigenvalue weighted by Gasteiger charge is 2.21. The maximum atomic E-state index is 5.36. The third-order valence-corrected chi connectivity index (χ3v) is 3.17. The normalized spacial score (nSPS) is 20.4. The van der Waals surface area contributed by atoms with Gasteiger partial charge in [-0.25, -0.2) is 5.84 Å². The Morgan fingerprint density at radius 2 is 2.39 bits per heavy atom. The summed E-state index contributed by atoms with van der Waals surface area (Å²) in [4.78, 5) is 10.8. The minimum atomic E-state index is 0.376. The van der Waals surface area contributed by atoms with E-state index in [1.807, 2.05) is 0 Å². The summed E-state index contributed by atoms with van der Waals surface area (Å²) in [7, 11) is 2.11. The lowest BCUT2D eigenvalue weighted by atomic mass is 10.2. The molecule has 96 valence electrons. The first-order valence-corrected chi connectivity index (χ1v) is 5.89. The van der Waals surface area contributed by atoms with Crippen molar-refractivity contribution in [1.29, 1.82) is 0 Å². The number of fused-ring (bicyclic) bond motifs is 1. The van der Waals surface area contributed by atoms with Crippen molar-refractivity contribution in [2.24, 2.45) is 5.84 Å². The maximum absolute atomic E-state index is 5.36. The lowest BCUT2D eigenvalue weighted by molar-refractivity contribution is 0.414. The smallest absolute Gasteiger partial charge is 0.241 e. The Kier molecular flexibility index (Phi) is 2.73. The van der Waals surface area contributed by atoms with Crippen molar-refractivity contribution in [3.63, 3.8) is 0 Å². The van der Waals surface area contributed by atoms with Crippen molar-refractivity contribution in [1.82, 2.24) is 25.1 Å². The fraction of sp³-hybridized carbons (Fsp3) is 0.500. The van der Waals surface area contributed by atoms with Gasteiger partial charge in [-0.05, 0) is 20.0 Å². The highest BCUT2D eigenvalue weighted by atomic mass is 15.3. The Bertz CT molecular complexity index is 550. The van der Waals surface area contributed by atoms with Gasteiger partial charge >= 0.3 is 0 Å². The molecule has 0 aromatic carbocycles. The van der Waals surface area contributed by atoms with E-state index in [4.69, 9.17) is 5.84 Å². The molecule has 3 rings (SSSR count). The predicted molar refractivity (Wildman–Crippen MR) is 69.0 cm³/mol.